The summed E-state index contributed by atoms with van der Waals surface area (Å²) >= 11 is 0. The quantitative estimate of drug-likeness (QED) is 0.150. The second-order valence-electron chi connectivity index (χ2n) is 9.02. The van der Waals surface area contributed by atoms with Gasteiger partial charge < -0.3 is 14.1 Å². The van der Waals surface area contributed by atoms with E-state index in [9.17, 15) is 30.7 Å². The molecule has 202 valence electrons. The molecule has 0 spiro atoms. The lowest BCUT2D eigenvalue weighted by Gasteiger charge is -2.09. The Morgan fingerprint density at radius 1 is 0.949 bits per heavy atom. The summed E-state index contributed by atoms with van der Waals surface area (Å²) in [6, 6.07) is 15.7. The summed E-state index contributed by atoms with van der Waals surface area (Å²) in [5.74, 6) is -0.822. The Hall–Kier alpha value is -3.91. The molecule has 0 radical (unpaired) electrons. The first-order valence-corrected chi connectivity index (χ1v) is 14.7. The van der Waals surface area contributed by atoms with Crippen molar-refractivity contribution >= 4 is 59.0 Å². The summed E-state index contributed by atoms with van der Waals surface area (Å²) in [6.45, 7) is 0.486. The molecule has 13 heteroatoms. The number of aryl methyl sites for hydroxylation is 1. The van der Waals surface area contributed by atoms with Crippen molar-refractivity contribution in [3.05, 3.63) is 60.7 Å². The van der Waals surface area contributed by atoms with E-state index in [4.69, 9.17) is 9.52 Å². The van der Waals surface area contributed by atoms with Gasteiger partial charge in [0.1, 0.15) is 22.2 Å². The van der Waals surface area contributed by atoms with E-state index in [0.717, 1.165) is 29.1 Å². The van der Waals surface area contributed by atoms with Crippen molar-refractivity contribution in [3.63, 3.8) is 0 Å². The van der Waals surface area contributed by atoms with Gasteiger partial charge in [-0.15, -0.1) is 0 Å². The number of nitrogens with zero attached hydrogens (tertiary/aromatic N) is 2. The summed E-state index contributed by atoms with van der Waals surface area (Å²) in [4.78, 5) is 14.2. The van der Waals surface area contributed by atoms with E-state index in [1.807, 2.05) is 34.9 Å². The van der Waals surface area contributed by atoms with Crippen LogP contribution in [0.5, 0.6) is 0 Å². The molecule has 0 amide bonds. The Morgan fingerprint density at radius 2 is 1.72 bits per heavy atom. The lowest BCUT2D eigenvalue weighted by atomic mass is 10.1. The molecule has 0 atom stereocenters. The number of rotatable bonds is 9. The largest absolute Gasteiger partial charge is 0.744 e. The van der Waals surface area contributed by atoms with Crippen molar-refractivity contribution in [1.29, 1.82) is 0 Å². The number of unbranched alkanes of at least 4 members (excludes halogenated alkanes) is 2. The molecule has 5 aromatic rings. The number of carboxylic acid groups (broad SMARTS) is 1. The molecule has 0 unspecified atom stereocenters. The maximum Gasteiger partial charge on any atom is 0.303 e. The molecule has 11 nitrogen and oxygen atoms in total. The second kappa shape index (κ2) is 10.0. The number of para-hydroxylation sites is 1. The number of carbonyl (C=O) groups is 1. The summed E-state index contributed by atoms with van der Waals surface area (Å²) in [6.07, 6.45) is 1.90. The molecule has 39 heavy (non-hydrogen) atoms. The number of benzene rings is 3. The molecule has 0 bridgehead atoms. The van der Waals surface area contributed by atoms with E-state index >= 15 is 0 Å². The van der Waals surface area contributed by atoms with Gasteiger partial charge in [0.05, 0.1) is 9.79 Å². The molecular weight excluding hydrogens is 548 g/mol. The average Bonchev–Trinajstić information content (AvgIpc) is 3.31. The van der Waals surface area contributed by atoms with Gasteiger partial charge in [0, 0.05) is 35.7 Å². The fourth-order valence-electron chi connectivity index (χ4n) is 4.62. The summed E-state index contributed by atoms with van der Waals surface area (Å²) in [5.41, 5.74) is 1.11. The third kappa shape index (κ3) is 5.34. The number of aromatic nitrogens is 2. The molecule has 2 heterocycles. The van der Waals surface area contributed by atoms with Gasteiger partial charge >= 0.3 is 5.97 Å². The zero-order chi connectivity index (χ0) is 27.9. The molecule has 0 saturated carbocycles. The minimum atomic E-state index is -5.06. The van der Waals surface area contributed by atoms with Crippen molar-refractivity contribution in [2.24, 2.45) is 0 Å². The highest BCUT2D eigenvalue weighted by Gasteiger charge is 2.26. The molecule has 0 saturated heterocycles. The minimum Gasteiger partial charge on any atom is -0.744 e. The number of oxazole rings is 1. The van der Waals surface area contributed by atoms with Gasteiger partial charge in [0.15, 0.2) is 5.58 Å². The molecule has 0 fully saturated rings. The normalized spacial score (nSPS) is 12.5. The maximum absolute atomic E-state index is 12.2. The summed E-state index contributed by atoms with van der Waals surface area (Å²) < 4.78 is 77.0. The third-order valence-electron chi connectivity index (χ3n) is 6.41. The highest BCUT2D eigenvalue weighted by Crippen LogP contribution is 2.35. The van der Waals surface area contributed by atoms with Crippen LogP contribution in [-0.2, 0) is 31.6 Å². The maximum atomic E-state index is 12.2. The Morgan fingerprint density at radius 3 is 2.44 bits per heavy atom. The highest BCUT2D eigenvalue weighted by atomic mass is 32.2. The molecule has 5 rings (SSSR count). The van der Waals surface area contributed by atoms with Crippen LogP contribution in [0.4, 0.5) is 0 Å². The van der Waals surface area contributed by atoms with Crippen LogP contribution in [0.3, 0.4) is 0 Å². The van der Waals surface area contributed by atoms with Crippen LogP contribution < -0.4 is 4.57 Å². The lowest BCUT2D eigenvalue weighted by Crippen LogP contribution is -2.37. The van der Waals surface area contributed by atoms with Gasteiger partial charge in [-0.25, -0.2) is 13.4 Å². The van der Waals surface area contributed by atoms with Crippen LogP contribution in [0.15, 0.2) is 74.9 Å². The molecule has 0 aliphatic carbocycles. The third-order valence-corrected chi connectivity index (χ3v) is 8.11. The number of hydrogen-bond acceptors (Lipinski definition) is 8. The number of pyridine rings is 1. The van der Waals surface area contributed by atoms with Crippen LogP contribution >= 0.6 is 0 Å². The van der Waals surface area contributed by atoms with Gasteiger partial charge in [-0.3, -0.25) is 9.35 Å². The number of aliphatic carboxylic acids is 1. The zero-order valence-corrected chi connectivity index (χ0v) is 21.9. The zero-order valence-electron chi connectivity index (χ0n) is 20.3. The monoisotopic (exact) mass is 570 g/mol. The van der Waals surface area contributed by atoms with Crippen molar-refractivity contribution in [1.82, 2.24) is 4.98 Å². The molecule has 2 N–H and O–H groups in total. The smallest absolute Gasteiger partial charge is 0.303 e. The minimum absolute atomic E-state index is 0.0394. The van der Waals surface area contributed by atoms with Gasteiger partial charge in [0.2, 0.25) is 5.52 Å². The predicted molar refractivity (Wildman–Crippen MR) is 139 cm³/mol. The second-order valence-corrected chi connectivity index (χ2v) is 11.8. The van der Waals surface area contributed by atoms with Gasteiger partial charge in [-0.1, -0.05) is 18.2 Å². The Labute approximate surface area is 222 Å². The highest BCUT2D eigenvalue weighted by molar-refractivity contribution is 7.86. The first-order chi connectivity index (χ1) is 18.4. The van der Waals surface area contributed by atoms with Crippen LogP contribution in [0.25, 0.3) is 44.4 Å². The topological polar surface area (TPSA) is 179 Å². The van der Waals surface area contributed by atoms with Crippen molar-refractivity contribution in [2.45, 2.75) is 42.0 Å². The molecule has 3 aromatic carbocycles. The van der Waals surface area contributed by atoms with Gasteiger partial charge in [-0.2, -0.15) is 13.0 Å². The Balaban J connectivity index is 1.70. The van der Waals surface area contributed by atoms with E-state index in [1.54, 1.807) is 6.07 Å². The van der Waals surface area contributed by atoms with Gasteiger partial charge in [0.25, 0.3) is 21.7 Å². The molecule has 0 aliphatic heterocycles. The van der Waals surface area contributed by atoms with Crippen molar-refractivity contribution in [2.75, 3.05) is 0 Å². The summed E-state index contributed by atoms with van der Waals surface area (Å²) in [5, 5.41) is 10.2. The number of fused-ring (bicyclic) bond motifs is 4. The van der Waals surface area contributed by atoms with Crippen LogP contribution in [0, 0.1) is 0 Å². The summed E-state index contributed by atoms with van der Waals surface area (Å²) in [7, 11) is -9.65. The Kier molecular flexibility index (Phi) is 6.84. The lowest BCUT2D eigenvalue weighted by molar-refractivity contribution is -0.661. The number of carboxylic acids is 1. The standard InChI is InChI=1S/C26H22N2O9S2/c29-23(30)8-2-1-5-13-28-20-7-4-3-6-16(20)9-12-21(28)26-27-24-19-11-10-18(38(31,32)33)14-17(19)15-22(25(24)37-26)39(34,35)36/h3-4,6-7,9-12,14-15H,1-2,5,8,13H2,(H2-,29,30,31,32,33,34,35,36). The van der Waals surface area contributed by atoms with E-state index in [2.05, 4.69) is 4.98 Å². The first kappa shape index (κ1) is 26.7. The van der Waals surface area contributed by atoms with Crippen LogP contribution in [0.1, 0.15) is 25.7 Å². The number of hydrogen-bond donors (Lipinski definition) is 2. The van der Waals surface area contributed by atoms with Crippen molar-refractivity contribution < 1.29 is 44.8 Å². The SMILES string of the molecule is O=C(O)CCCCC[n+]1c(-c2nc3c(o2)c(S(=O)(=O)[O-])cc2cc(S(=O)(=O)O)ccc23)ccc2ccccc21. The van der Waals surface area contributed by atoms with E-state index in [-0.39, 0.29) is 28.8 Å². The molecular formula is C26H22N2O9S2. The van der Waals surface area contributed by atoms with Crippen molar-refractivity contribution in [3.8, 4) is 11.6 Å². The molecule has 0 aliphatic rings. The first-order valence-electron chi connectivity index (χ1n) is 11.9. The van der Waals surface area contributed by atoms with E-state index in [0.29, 0.717) is 36.9 Å². The van der Waals surface area contributed by atoms with Crippen LogP contribution in [-0.4, -0.2) is 42.0 Å². The van der Waals surface area contributed by atoms with E-state index < -0.39 is 36.0 Å². The fourth-order valence-corrected chi connectivity index (χ4v) is 5.77. The van der Waals surface area contributed by atoms with E-state index in [1.165, 1.54) is 6.07 Å². The predicted octanol–water partition coefficient (Wildman–Crippen LogP) is 3.88. The van der Waals surface area contributed by atoms with Crippen LogP contribution in [0.2, 0.25) is 0 Å². The average molecular weight is 571 g/mol. The fraction of sp³-hybridized carbons (Fsp3) is 0.192. The van der Waals surface area contributed by atoms with Gasteiger partial charge in [-0.05, 0) is 48.6 Å². The Bertz CT molecular complexity index is 1980. The molecule has 2 aromatic heterocycles.